The van der Waals surface area contributed by atoms with Crippen LogP contribution in [0.4, 0.5) is 0 Å². The number of benzene rings is 1. The van der Waals surface area contributed by atoms with Crippen molar-refractivity contribution in [2.45, 2.75) is 91.3 Å². The smallest absolute Gasteiger partial charge is 0.311 e. The maximum absolute atomic E-state index is 12.3. The quantitative estimate of drug-likeness (QED) is 0.167. The number of hydrogen-bond donors (Lipinski definition) is 0. The summed E-state index contributed by atoms with van der Waals surface area (Å²) in [5.41, 5.74) is 3.24. The summed E-state index contributed by atoms with van der Waals surface area (Å²) in [5, 5.41) is 1.01. The Bertz CT molecular complexity index is 675. The molecule has 0 aliphatic carbocycles. The molecule has 1 aromatic rings. The number of alkyl halides is 1. The maximum atomic E-state index is 12.3. The van der Waals surface area contributed by atoms with Gasteiger partial charge in [-0.1, -0.05) is 56.6 Å². The third kappa shape index (κ3) is 6.99. The molecule has 28 heavy (non-hydrogen) atoms. The molecule has 1 aromatic carbocycles. The molecule has 0 bridgehead atoms. The minimum absolute atomic E-state index is 0.148. The number of rotatable bonds is 9. The maximum Gasteiger partial charge on any atom is 0.311 e. The lowest BCUT2D eigenvalue weighted by atomic mass is 9.78. The minimum atomic E-state index is -1.77. The van der Waals surface area contributed by atoms with Crippen molar-refractivity contribution in [2.75, 3.05) is 11.9 Å². The van der Waals surface area contributed by atoms with Crippen LogP contribution < -0.4 is 4.74 Å². The van der Waals surface area contributed by atoms with Crippen molar-refractivity contribution in [1.29, 1.82) is 0 Å². The molecule has 0 radical (unpaired) electrons. The number of carbonyl (C=O) groups is 1. The van der Waals surface area contributed by atoms with Crippen LogP contribution in [0.25, 0.3) is 0 Å². The topological polar surface area (TPSA) is 35.5 Å². The molecule has 0 spiro atoms. The monoisotopic (exact) mass is 470 g/mol. The highest BCUT2D eigenvalue weighted by Crippen LogP contribution is 2.40. The summed E-state index contributed by atoms with van der Waals surface area (Å²) in [6, 6.07) is 4.16. The van der Waals surface area contributed by atoms with E-state index >= 15 is 0 Å². The lowest BCUT2D eigenvalue weighted by molar-refractivity contribution is -0.134. The van der Waals surface area contributed by atoms with Gasteiger partial charge in [0.1, 0.15) is 5.75 Å². The van der Waals surface area contributed by atoms with Gasteiger partial charge in [-0.25, -0.2) is 0 Å². The number of ether oxygens (including phenoxy) is 1. The average molecular weight is 472 g/mol. The van der Waals surface area contributed by atoms with Gasteiger partial charge in [0.2, 0.25) is 0 Å². The third-order valence-corrected chi connectivity index (χ3v) is 11.0. The molecular weight excluding hydrogens is 432 g/mol. The van der Waals surface area contributed by atoms with Crippen molar-refractivity contribution in [3.05, 3.63) is 28.8 Å². The first-order valence-corrected chi connectivity index (χ1v) is 14.3. The van der Waals surface area contributed by atoms with E-state index in [1.165, 1.54) is 5.56 Å². The Morgan fingerprint density at radius 1 is 1.11 bits per heavy atom. The molecule has 0 aliphatic heterocycles. The summed E-state index contributed by atoms with van der Waals surface area (Å²) in [6.45, 7) is 20.7. The number of esters is 1. The van der Waals surface area contributed by atoms with Crippen LogP contribution in [0.15, 0.2) is 12.1 Å². The molecule has 0 N–H and O–H groups in total. The van der Waals surface area contributed by atoms with E-state index in [1.807, 2.05) is 13.0 Å². The zero-order valence-electron chi connectivity index (χ0n) is 19.3. The molecule has 0 aromatic heterocycles. The van der Waals surface area contributed by atoms with Crippen LogP contribution in [-0.2, 0) is 14.6 Å². The van der Waals surface area contributed by atoms with Gasteiger partial charge in [0.15, 0.2) is 8.32 Å². The first-order valence-electron chi connectivity index (χ1n) is 10.2. The Hall–Kier alpha value is -0.653. The number of hydrogen-bond acceptors (Lipinski definition) is 3. The Morgan fingerprint density at radius 3 is 2.25 bits per heavy atom. The van der Waals surface area contributed by atoms with Crippen molar-refractivity contribution in [2.24, 2.45) is 0 Å². The second-order valence-corrected chi connectivity index (χ2v) is 15.6. The van der Waals surface area contributed by atoms with E-state index < -0.39 is 8.32 Å². The van der Waals surface area contributed by atoms with Gasteiger partial charge in [-0.05, 0) is 67.4 Å². The summed E-state index contributed by atoms with van der Waals surface area (Å²) in [4.78, 5) is 12.3. The Labute approximate surface area is 181 Å². The standard InChI is InChI=1S/C23H39BrO3Si/c1-17-15-18(2)21(19(16-17)27-20(25)11-10-13-24)23(6,7)12-14-26-28(8,9)22(3,4)5/h15-16H,10-14H2,1-9H3. The van der Waals surface area contributed by atoms with E-state index in [4.69, 9.17) is 9.16 Å². The van der Waals surface area contributed by atoms with Crippen LogP contribution in [0.5, 0.6) is 5.75 Å². The van der Waals surface area contributed by atoms with E-state index in [0.717, 1.165) is 29.3 Å². The Balaban J connectivity index is 3.04. The van der Waals surface area contributed by atoms with Crippen LogP contribution in [0.1, 0.15) is 70.6 Å². The number of aryl methyl sites for hydroxylation is 2. The van der Waals surface area contributed by atoms with Crippen molar-refractivity contribution in [3.8, 4) is 5.75 Å². The van der Waals surface area contributed by atoms with Gasteiger partial charge in [0, 0.05) is 23.9 Å². The highest BCUT2D eigenvalue weighted by atomic mass is 79.9. The van der Waals surface area contributed by atoms with Crippen LogP contribution in [-0.4, -0.2) is 26.2 Å². The van der Waals surface area contributed by atoms with Crippen molar-refractivity contribution >= 4 is 30.2 Å². The summed E-state index contributed by atoms with van der Waals surface area (Å²) >= 11 is 3.37. The Kier molecular flexibility index (Phi) is 8.98. The fourth-order valence-corrected chi connectivity index (χ4v) is 4.49. The van der Waals surface area contributed by atoms with Gasteiger partial charge in [0.05, 0.1) is 0 Å². The van der Waals surface area contributed by atoms with Crippen molar-refractivity contribution in [1.82, 2.24) is 0 Å². The summed E-state index contributed by atoms with van der Waals surface area (Å²) < 4.78 is 12.2. The predicted octanol–water partition coefficient (Wildman–Crippen LogP) is 7.07. The zero-order chi connectivity index (χ0) is 21.8. The first kappa shape index (κ1) is 25.4. The van der Waals surface area contributed by atoms with Crippen molar-refractivity contribution in [3.63, 3.8) is 0 Å². The van der Waals surface area contributed by atoms with Gasteiger partial charge in [-0.3, -0.25) is 4.79 Å². The minimum Gasteiger partial charge on any atom is -0.426 e. The van der Waals surface area contributed by atoms with E-state index in [2.05, 4.69) is 76.6 Å². The van der Waals surface area contributed by atoms with Gasteiger partial charge in [-0.15, -0.1) is 0 Å². The SMILES string of the molecule is Cc1cc(C)c(C(C)(C)CCO[Si](C)(C)C(C)(C)C)c(OC(=O)CCCBr)c1. The molecule has 0 atom stereocenters. The van der Waals surface area contributed by atoms with Crippen molar-refractivity contribution < 1.29 is 14.0 Å². The summed E-state index contributed by atoms with van der Waals surface area (Å²) in [7, 11) is -1.77. The molecule has 0 saturated carbocycles. The van der Waals surface area contributed by atoms with E-state index in [9.17, 15) is 4.79 Å². The van der Waals surface area contributed by atoms with E-state index in [-0.39, 0.29) is 16.4 Å². The van der Waals surface area contributed by atoms with E-state index in [0.29, 0.717) is 18.8 Å². The third-order valence-electron chi connectivity index (χ3n) is 5.85. The lowest BCUT2D eigenvalue weighted by Crippen LogP contribution is -2.41. The number of halogens is 1. The average Bonchev–Trinajstić information content (AvgIpc) is 2.50. The molecule has 3 nitrogen and oxygen atoms in total. The Morgan fingerprint density at radius 2 is 1.71 bits per heavy atom. The van der Waals surface area contributed by atoms with Crippen LogP contribution >= 0.6 is 15.9 Å². The van der Waals surface area contributed by atoms with Gasteiger partial charge in [-0.2, -0.15) is 0 Å². The predicted molar refractivity (Wildman–Crippen MR) is 125 cm³/mol. The van der Waals surface area contributed by atoms with Crippen LogP contribution in [0.3, 0.4) is 0 Å². The fourth-order valence-electron chi connectivity index (χ4n) is 3.16. The molecule has 5 heteroatoms. The zero-order valence-corrected chi connectivity index (χ0v) is 21.9. The summed E-state index contributed by atoms with van der Waals surface area (Å²) in [5.74, 6) is 0.536. The highest BCUT2D eigenvalue weighted by molar-refractivity contribution is 9.09. The molecule has 0 aliphatic rings. The molecule has 0 saturated heterocycles. The van der Waals surface area contributed by atoms with Gasteiger partial charge in [0.25, 0.3) is 0 Å². The second-order valence-electron chi connectivity index (χ2n) is 9.96. The molecule has 0 amide bonds. The lowest BCUT2D eigenvalue weighted by Gasteiger charge is -2.37. The molecule has 160 valence electrons. The first-order chi connectivity index (χ1) is 12.7. The summed E-state index contributed by atoms with van der Waals surface area (Å²) in [6.07, 6.45) is 2.09. The molecule has 0 fully saturated rings. The van der Waals surface area contributed by atoms with Gasteiger partial charge < -0.3 is 9.16 Å². The second kappa shape index (κ2) is 9.90. The van der Waals surface area contributed by atoms with Crippen LogP contribution in [0, 0.1) is 13.8 Å². The highest BCUT2D eigenvalue weighted by Gasteiger charge is 2.37. The largest absolute Gasteiger partial charge is 0.426 e. The molecule has 0 heterocycles. The molecule has 0 unspecified atom stereocenters. The number of carbonyl (C=O) groups excluding carboxylic acids is 1. The molecule has 1 rings (SSSR count). The fraction of sp³-hybridized carbons (Fsp3) is 0.696. The van der Waals surface area contributed by atoms with E-state index in [1.54, 1.807) is 0 Å². The van der Waals surface area contributed by atoms with Crippen LogP contribution in [0.2, 0.25) is 18.1 Å². The molecular formula is C23H39BrO3Si. The van der Waals surface area contributed by atoms with Gasteiger partial charge >= 0.3 is 5.97 Å². The normalized spacial score (nSPS) is 12.9.